The molecule has 0 heteroatoms. The summed E-state index contributed by atoms with van der Waals surface area (Å²) in [5.74, 6) is 0.472. The van der Waals surface area contributed by atoms with E-state index in [1.807, 2.05) is 0 Å². The molecule has 1 aliphatic rings. The van der Waals surface area contributed by atoms with Gasteiger partial charge in [-0.3, -0.25) is 0 Å². The number of hydrogen-bond acceptors (Lipinski definition) is 0. The van der Waals surface area contributed by atoms with Gasteiger partial charge in [-0.05, 0) is 41.4 Å². The molecule has 1 saturated carbocycles. The first kappa shape index (κ1) is 14.3. The zero-order valence-corrected chi connectivity index (χ0v) is 13.4. The van der Waals surface area contributed by atoms with Crippen LogP contribution in [0.1, 0.15) is 41.9 Å². The zero-order chi connectivity index (χ0) is 15.5. The van der Waals surface area contributed by atoms with Crippen molar-refractivity contribution in [2.45, 2.75) is 30.6 Å². The van der Waals surface area contributed by atoms with E-state index in [9.17, 15) is 0 Å². The van der Waals surface area contributed by atoms with Crippen LogP contribution in [0.5, 0.6) is 0 Å². The van der Waals surface area contributed by atoms with Crippen molar-refractivity contribution in [1.82, 2.24) is 0 Å². The molecule has 0 nitrogen and oxygen atoms in total. The van der Waals surface area contributed by atoms with E-state index in [-0.39, 0.29) is 0 Å². The van der Waals surface area contributed by atoms with Crippen molar-refractivity contribution >= 4 is 0 Å². The second-order valence-corrected chi connectivity index (χ2v) is 6.72. The Labute approximate surface area is 138 Å². The third kappa shape index (κ3) is 2.94. The summed E-state index contributed by atoms with van der Waals surface area (Å²) in [5.41, 5.74) is 4.75. The van der Waals surface area contributed by atoms with E-state index in [1.165, 1.54) is 36.0 Å². The largest absolute Gasteiger partial charge is 0.0622 e. The Kier molecular flexibility index (Phi) is 3.75. The van der Waals surface area contributed by atoms with Crippen LogP contribution in [0, 0.1) is 0 Å². The monoisotopic (exact) mass is 298 g/mol. The Bertz CT molecular complexity index is 700. The molecule has 0 bridgehead atoms. The van der Waals surface area contributed by atoms with Crippen LogP contribution in [0.3, 0.4) is 0 Å². The highest BCUT2D eigenvalue weighted by molar-refractivity contribution is 5.38. The van der Waals surface area contributed by atoms with E-state index < -0.39 is 0 Å². The van der Waals surface area contributed by atoms with Crippen LogP contribution in [0.15, 0.2) is 91.0 Å². The summed E-state index contributed by atoms with van der Waals surface area (Å²) >= 11 is 0. The predicted molar refractivity (Wildman–Crippen MR) is 96.7 cm³/mol. The van der Waals surface area contributed by atoms with Gasteiger partial charge in [0.15, 0.2) is 0 Å². The number of benzene rings is 3. The van der Waals surface area contributed by atoms with Gasteiger partial charge in [0.25, 0.3) is 0 Å². The summed E-state index contributed by atoms with van der Waals surface area (Å²) < 4.78 is 0. The maximum absolute atomic E-state index is 2.31. The topological polar surface area (TPSA) is 0 Å². The van der Waals surface area contributed by atoms with Crippen molar-refractivity contribution in [3.63, 3.8) is 0 Å². The molecule has 0 amide bonds. The van der Waals surface area contributed by atoms with E-state index in [1.54, 1.807) is 0 Å². The molecule has 0 spiro atoms. The van der Waals surface area contributed by atoms with Crippen LogP contribution in [0.2, 0.25) is 0 Å². The van der Waals surface area contributed by atoms with Gasteiger partial charge in [0, 0.05) is 5.92 Å². The summed E-state index contributed by atoms with van der Waals surface area (Å²) in [5, 5.41) is 0. The first-order valence-corrected chi connectivity index (χ1v) is 8.53. The van der Waals surface area contributed by atoms with Gasteiger partial charge in [-0.2, -0.15) is 0 Å². The van der Waals surface area contributed by atoms with E-state index >= 15 is 0 Å². The van der Waals surface area contributed by atoms with Gasteiger partial charge < -0.3 is 0 Å². The van der Waals surface area contributed by atoms with Gasteiger partial charge in [-0.1, -0.05) is 91.0 Å². The summed E-state index contributed by atoms with van der Waals surface area (Å²) in [6, 6.07) is 33.0. The van der Waals surface area contributed by atoms with Crippen molar-refractivity contribution in [2.75, 3.05) is 0 Å². The third-order valence-corrected chi connectivity index (χ3v) is 5.24. The molecule has 3 aromatic carbocycles. The van der Waals surface area contributed by atoms with Gasteiger partial charge in [-0.25, -0.2) is 0 Å². The molecule has 0 N–H and O–H groups in total. The molecule has 1 fully saturated rings. The lowest BCUT2D eigenvalue weighted by atomic mass is 9.79. The third-order valence-electron chi connectivity index (χ3n) is 5.24. The minimum absolute atomic E-state index is 0.373. The molecule has 3 aromatic rings. The van der Waals surface area contributed by atoms with Crippen molar-refractivity contribution in [2.24, 2.45) is 0 Å². The molecular weight excluding hydrogens is 276 g/mol. The lowest BCUT2D eigenvalue weighted by Crippen LogP contribution is -2.13. The summed E-state index contributed by atoms with van der Waals surface area (Å²) in [7, 11) is 0. The normalized spacial score (nSPS) is 15.5. The maximum atomic E-state index is 2.31. The first-order chi connectivity index (χ1) is 11.4. The molecule has 114 valence electrons. The van der Waals surface area contributed by atoms with Crippen molar-refractivity contribution in [3.8, 4) is 0 Å². The second kappa shape index (κ2) is 6.04. The van der Waals surface area contributed by atoms with Crippen LogP contribution in [-0.4, -0.2) is 0 Å². The van der Waals surface area contributed by atoms with Crippen molar-refractivity contribution in [1.29, 1.82) is 0 Å². The Morgan fingerprint density at radius 3 is 1.48 bits per heavy atom. The molecule has 1 aliphatic carbocycles. The quantitative estimate of drug-likeness (QED) is 0.547. The minimum atomic E-state index is 0.373. The molecule has 0 atom stereocenters. The van der Waals surface area contributed by atoms with E-state index in [2.05, 4.69) is 91.0 Å². The van der Waals surface area contributed by atoms with E-state index in [4.69, 9.17) is 0 Å². The fourth-order valence-electron chi connectivity index (χ4n) is 3.74. The van der Waals surface area contributed by atoms with Crippen LogP contribution in [0.4, 0.5) is 0 Å². The lowest BCUT2D eigenvalue weighted by Gasteiger charge is -2.25. The van der Waals surface area contributed by atoms with Crippen LogP contribution in [0.25, 0.3) is 0 Å². The van der Waals surface area contributed by atoms with Crippen LogP contribution >= 0.6 is 0 Å². The highest BCUT2D eigenvalue weighted by Crippen LogP contribution is 2.55. The highest BCUT2D eigenvalue weighted by atomic mass is 14.5. The average Bonchev–Trinajstić information content (AvgIpc) is 3.43. The summed E-state index contributed by atoms with van der Waals surface area (Å²) in [4.78, 5) is 0. The van der Waals surface area contributed by atoms with Crippen LogP contribution < -0.4 is 0 Å². The van der Waals surface area contributed by atoms with Gasteiger partial charge in [0.05, 0.1) is 0 Å². The standard InChI is InChI=1S/C23H22/c1-4-10-19(11-5-1)22(20-12-6-2-7-13-20)18-23(16-17-23)21-14-8-3-9-15-21/h1-15,22H,16-18H2. The second-order valence-electron chi connectivity index (χ2n) is 6.72. The molecule has 0 aliphatic heterocycles. The van der Waals surface area contributed by atoms with Gasteiger partial charge in [0.1, 0.15) is 0 Å². The smallest absolute Gasteiger partial charge is 0.00978 e. The fourth-order valence-corrected chi connectivity index (χ4v) is 3.74. The zero-order valence-electron chi connectivity index (χ0n) is 13.4. The fraction of sp³-hybridized carbons (Fsp3) is 0.217. The van der Waals surface area contributed by atoms with Crippen molar-refractivity contribution < 1.29 is 0 Å². The molecule has 23 heavy (non-hydrogen) atoms. The molecule has 4 rings (SSSR count). The molecule has 0 heterocycles. The summed E-state index contributed by atoms with van der Waals surface area (Å²) in [6.45, 7) is 0. The Morgan fingerprint density at radius 1 is 0.609 bits per heavy atom. The maximum Gasteiger partial charge on any atom is 0.00978 e. The van der Waals surface area contributed by atoms with Crippen LogP contribution in [-0.2, 0) is 5.41 Å². The van der Waals surface area contributed by atoms with E-state index in [0.29, 0.717) is 11.3 Å². The number of hydrogen-bond donors (Lipinski definition) is 0. The van der Waals surface area contributed by atoms with Crippen molar-refractivity contribution in [3.05, 3.63) is 108 Å². The molecular formula is C23H22. The SMILES string of the molecule is c1ccc(C(CC2(c3ccccc3)CC2)c2ccccc2)cc1. The Balaban J connectivity index is 1.70. The molecule has 0 unspecified atom stereocenters. The highest BCUT2D eigenvalue weighted by Gasteiger charge is 2.45. The number of rotatable bonds is 5. The minimum Gasteiger partial charge on any atom is -0.0622 e. The summed E-state index contributed by atoms with van der Waals surface area (Å²) in [6.07, 6.45) is 3.82. The van der Waals surface area contributed by atoms with Gasteiger partial charge >= 0.3 is 0 Å². The lowest BCUT2D eigenvalue weighted by molar-refractivity contribution is 0.567. The van der Waals surface area contributed by atoms with Gasteiger partial charge in [-0.15, -0.1) is 0 Å². The van der Waals surface area contributed by atoms with E-state index in [0.717, 1.165) is 0 Å². The molecule has 0 radical (unpaired) electrons. The Hall–Kier alpha value is -2.34. The Morgan fingerprint density at radius 2 is 1.04 bits per heavy atom. The van der Waals surface area contributed by atoms with Gasteiger partial charge in [0.2, 0.25) is 0 Å². The average molecular weight is 298 g/mol. The first-order valence-electron chi connectivity index (χ1n) is 8.53. The molecule has 0 saturated heterocycles. The predicted octanol–water partition coefficient (Wildman–Crippen LogP) is 5.94. The molecule has 0 aromatic heterocycles.